The van der Waals surface area contributed by atoms with Gasteiger partial charge in [0.1, 0.15) is 5.82 Å². The van der Waals surface area contributed by atoms with Gasteiger partial charge in [0.15, 0.2) is 0 Å². The summed E-state index contributed by atoms with van der Waals surface area (Å²) in [6.07, 6.45) is 5.22. The lowest BCUT2D eigenvalue weighted by Gasteiger charge is -2.36. The van der Waals surface area contributed by atoms with Gasteiger partial charge in [-0.2, -0.15) is 0 Å². The Kier molecular flexibility index (Phi) is 4.61. The first-order valence-corrected chi connectivity index (χ1v) is 8.42. The molecule has 0 radical (unpaired) electrons. The first-order chi connectivity index (χ1) is 11.0. The molecule has 2 aromatic rings. The van der Waals surface area contributed by atoms with E-state index < -0.39 is 0 Å². The zero-order valence-electron chi connectivity index (χ0n) is 13.3. The molecule has 0 unspecified atom stereocenters. The number of pyridine rings is 2. The van der Waals surface area contributed by atoms with Crippen molar-refractivity contribution < 1.29 is 4.79 Å². The standard InChI is InChI=1S/C17H19BrN4O/c1-12-7-14(10-19-9-12)17(23)22-5-3-21(4-6-22)16-13(2)8-15(18)11-20-16/h7-11H,3-6H2,1-2H3. The molecule has 3 rings (SSSR count). The number of carbonyl (C=O) groups excluding carboxylic acids is 1. The Labute approximate surface area is 144 Å². The highest BCUT2D eigenvalue weighted by molar-refractivity contribution is 9.10. The molecule has 1 amide bonds. The van der Waals surface area contributed by atoms with E-state index in [4.69, 9.17) is 0 Å². The van der Waals surface area contributed by atoms with Crippen LogP contribution in [0.4, 0.5) is 5.82 Å². The Balaban J connectivity index is 1.67. The van der Waals surface area contributed by atoms with Crippen molar-refractivity contribution in [3.05, 3.63) is 51.9 Å². The number of hydrogen-bond donors (Lipinski definition) is 0. The summed E-state index contributed by atoms with van der Waals surface area (Å²) < 4.78 is 0.986. The maximum Gasteiger partial charge on any atom is 0.255 e. The van der Waals surface area contributed by atoms with Crippen molar-refractivity contribution in [3.8, 4) is 0 Å². The molecule has 0 aliphatic carbocycles. The van der Waals surface area contributed by atoms with E-state index >= 15 is 0 Å². The van der Waals surface area contributed by atoms with E-state index in [0.29, 0.717) is 18.7 Å². The van der Waals surface area contributed by atoms with E-state index in [1.54, 1.807) is 12.4 Å². The van der Waals surface area contributed by atoms with Crippen LogP contribution in [0.5, 0.6) is 0 Å². The molecule has 0 bridgehead atoms. The minimum Gasteiger partial charge on any atom is -0.353 e. The number of aryl methyl sites for hydroxylation is 2. The molecule has 5 nitrogen and oxygen atoms in total. The third kappa shape index (κ3) is 3.52. The largest absolute Gasteiger partial charge is 0.353 e. The second kappa shape index (κ2) is 6.66. The molecule has 1 aliphatic heterocycles. The molecule has 120 valence electrons. The van der Waals surface area contributed by atoms with Crippen molar-refractivity contribution in [2.75, 3.05) is 31.1 Å². The highest BCUT2D eigenvalue weighted by atomic mass is 79.9. The molecule has 1 fully saturated rings. The number of nitrogens with zero attached hydrogens (tertiary/aromatic N) is 4. The van der Waals surface area contributed by atoms with Crippen LogP contribution < -0.4 is 4.90 Å². The van der Waals surface area contributed by atoms with E-state index in [1.807, 2.05) is 24.1 Å². The van der Waals surface area contributed by atoms with E-state index in [9.17, 15) is 4.79 Å². The second-order valence-electron chi connectivity index (χ2n) is 5.82. The van der Waals surface area contributed by atoms with Gasteiger partial charge in [-0.3, -0.25) is 9.78 Å². The van der Waals surface area contributed by atoms with Crippen LogP contribution in [-0.4, -0.2) is 47.0 Å². The third-order valence-electron chi connectivity index (χ3n) is 4.01. The smallest absolute Gasteiger partial charge is 0.255 e. The molecule has 0 spiro atoms. The van der Waals surface area contributed by atoms with Crippen molar-refractivity contribution in [1.29, 1.82) is 0 Å². The summed E-state index contributed by atoms with van der Waals surface area (Å²) in [5.74, 6) is 1.05. The number of anilines is 1. The van der Waals surface area contributed by atoms with E-state index in [0.717, 1.165) is 34.5 Å². The second-order valence-corrected chi connectivity index (χ2v) is 6.74. The Morgan fingerprint density at radius 1 is 1.09 bits per heavy atom. The number of amides is 1. The van der Waals surface area contributed by atoms with Crippen LogP contribution in [-0.2, 0) is 0 Å². The summed E-state index contributed by atoms with van der Waals surface area (Å²) in [7, 11) is 0. The molecule has 23 heavy (non-hydrogen) atoms. The summed E-state index contributed by atoms with van der Waals surface area (Å²) in [6.45, 7) is 6.99. The Hall–Kier alpha value is -1.95. The molecule has 6 heteroatoms. The Bertz CT molecular complexity index is 726. The number of piperazine rings is 1. The van der Waals surface area contributed by atoms with Crippen molar-refractivity contribution >= 4 is 27.7 Å². The molecular formula is C17H19BrN4O. The van der Waals surface area contributed by atoms with Crippen LogP contribution >= 0.6 is 15.9 Å². The van der Waals surface area contributed by atoms with Crippen molar-refractivity contribution in [2.24, 2.45) is 0 Å². The summed E-state index contributed by atoms with van der Waals surface area (Å²) in [6, 6.07) is 3.96. The summed E-state index contributed by atoms with van der Waals surface area (Å²) in [5.41, 5.74) is 2.81. The number of aromatic nitrogens is 2. The van der Waals surface area contributed by atoms with Gasteiger partial charge >= 0.3 is 0 Å². The van der Waals surface area contributed by atoms with Gasteiger partial charge in [-0.1, -0.05) is 0 Å². The molecular weight excluding hydrogens is 356 g/mol. The maximum absolute atomic E-state index is 12.6. The normalized spacial score (nSPS) is 14.9. The van der Waals surface area contributed by atoms with Crippen LogP contribution in [0.3, 0.4) is 0 Å². The number of rotatable bonds is 2. The molecule has 3 heterocycles. The summed E-state index contributed by atoms with van der Waals surface area (Å²) in [4.78, 5) is 25.3. The van der Waals surface area contributed by atoms with Crippen LogP contribution in [0.15, 0.2) is 35.2 Å². The first kappa shape index (κ1) is 15.9. The highest BCUT2D eigenvalue weighted by Gasteiger charge is 2.23. The minimum absolute atomic E-state index is 0.0568. The number of carbonyl (C=O) groups is 1. The lowest BCUT2D eigenvalue weighted by atomic mass is 10.2. The molecule has 0 aromatic carbocycles. The summed E-state index contributed by atoms with van der Waals surface area (Å²) >= 11 is 3.44. The lowest BCUT2D eigenvalue weighted by Crippen LogP contribution is -2.49. The van der Waals surface area contributed by atoms with Crippen LogP contribution in [0, 0.1) is 13.8 Å². The number of halogens is 1. The lowest BCUT2D eigenvalue weighted by molar-refractivity contribution is 0.0746. The SMILES string of the molecule is Cc1cncc(C(=O)N2CCN(c3ncc(Br)cc3C)CC2)c1. The quantitative estimate of drug-likeness (QED) is 0.810. The fraction of sp³-hybridized carbons (Fsp3) is 0.353. The van der Waals surface area contributed by atoms with Gasteiger partial charge in [0.05, 0.1) is 5.56 Å². The zero-order chi connectivity index (χ0) is 16.4. The topological polar surface area (TPSA) is 49.3 Å². The van der Waals surface area contributed by atoms with Crippen molar-refractivity contribution in [2.45, 2.75) is 13.8 Å². The van der Waals surface area contributed by atoms with Gasteiger partial charge in [-0.25, -0.2) is 4.98 Å². The molecule has 0 N–H and O–H groups in total. The predicted molar refractivity (Wildman–Crippen MR) is 93.8 cm³/mol. The molecule has 2 aromatic heterocycles. The zero-order valence-corrected chi connectivity index (χ0v) is 14.9. The van der Waals surface area contributed by atoms with Crippen molar-refractivity contribution in [3.63, 3.8) is 0 Å². The Morgan fingerprint density at radius 2 is 1.83 bits per heavy atom. The van der Waals surface area contributed by atoms with Gasteiger partial charge in [0.25, 0.3) is 5.91 Å². The Morgan fingerprint density at radius 3 is 2.48 bits per heavy atom. The van der Waals surface area contributed by atoms with Crippen LogP contribution in [0.25, 0.3) is 0 Å². The molecule has 1 saturated heterocycles. The first-order valence-electron chi connectivity index (χ1n) is 7.62. The van der Waals surface area contributed by atoms with E-state index in [-0.39, 0.29) is 5.91 Å². The van der Waals surface area contributed by atoms with E-state index in [1.165, 1.54) is 0 Å². The van der Waals surface area contributed by atoms with Crippen LogP contribution in [0.1, 0.15) is 21.5 Å². The fourth-order valence-corrected chi connectivity index (χ4v) is 3.29. The fourth-order valence-electron chi connectivity index (χ4n) is 2.84. The average Bonchev–Trinajstić information content (AvgIpc) is 2.54. The van der Waals surface area contributed by atoms with Crippen LogP contribution in [0.2, 0.25) is 0 Å². The van der Waals surface area contributed by atoms with E-state index in [2.05, 4.69) is 43.8 Å². The predicted octanol–water partition coefficient (Wildman–Crippen LogP) is 2.82. The summed E-state index contributed by atoms with van der Waals surface area (Å²) in [5, 5.41) is 0. The molecule has 1 aliphatic rings. The molecule has 0 atom stereocenters. The van der Waals surface area contributed by atoms with Crippen molar-refractivity contribution in [1.82, 2.24) is 14.9 Å². The monoisotopic (exact) mass is 374 g/mol. The van der Waals surface area contributed by atoms with Gasteiger partial charge in [0, 0.05) is 49.2 Å². The van der Waals surface area contributed by atoms with Gasteiger partial charge in [-0.15, -0.1) is 0 Å². The average molecular weight is 375 g/mol. The minimum atomic E-state index is 0.0568. The van der Waals surface area contributed by atoms with Gasteiger partial charge in [0.2, 0.25) is 0 Å². The van der Waals surface area contributed by atoms with Gasteiger partial charge in [-0.05, 0) is 53.0 Å². The number of hydrogen-bond acceptors (Lipinski definition) is 4. The molecule has 0 saturated carbocycles. The maximum atomic E-state index is 12.6. The highest BCUT2D eigenvalue weighted by Crippen LogP contribution is 2.22. The third-order valence-corrected chi connectivity index (χ3v) is 4.44. The van der Waals surface area contributed by atoms with Gasteiger partial charge < -0.3 is 9.80 Å².